The van der Waals surface area contributed by atoms with Crippen molar-refractivity contribution in [3.8, 4) is 11.5 Å². The second-order valence-electron chi connectivity index (χ2n) is 7.33. The molecule has 0 saturated carbocycles. The minimum Gasteiger partial charge on any atom is -0.497 e. The summed E-state index contributed by atoms with van der Waals surface area (Å²) in [6.07, 6.45) is 5.73. The van der Waals surface area contributed by atoms with Crippen molar-refractivity contribution in [3.05, 3.63) is 77.9 Å². The quantitative estimate of drug-likeness (QED) is 0.611. The maximum atomic E-state index is 5.80. The highest BCUT2D eigenvalue weighted by Gasteiger charge is 2.39. The van der Waals surface area contributed by atoms with Crippen molar-refractivity contribution in [2.45, 2.75) is 18.4 Å². The number of benzene rings is 3. The van der Waals surface area contributed by atoms with Crippen LogP contribution in [-0.2, 0) is 0 Å². The molecule has 3 aromatic carbocycles. The Morgan fingerprint density at radius 3 is 2.70 bits per heavy atom. The summed E-state index contributed by atoms with van der Waals surface area (Å²) in [6, 6.07) is 19.4. The van der Waals surface area contributed by atoms with Crippen LogP contribution in [-0.4, -0.2) is 14.2 Å². The summed E-state index contributed by atoms with van der Waals surface area (Å²) < 4.78 is 11.3. The van der Waals surface area contributed by atoms with Gasteiger partial charge in [-0.05, 0) is 52.9 Å². The second kappa shape index (κ2) is 6.34. The summed E-state index contributed by atoms with van der Waals surface area (Å²) in [4.78, 5) is 0. The van der Waals surface area contributed by atoms with Gasteiger partial charge in [0.15, 0.2) is 0 Å². The van der Waals surface area contributed by atoms with Crippen LogP contribution >= 0.6 is 0 Å². The predicted octanol–water partition coefficient (Wildman–Crippen LogP) is 5.68. The van der Waals surface area contributed by atoms with Gasteiger partial charge in [0, 0.05) is 17.2 Å². The third-order valence-corrected chi connectivity index (χ3v) is 6.03. The van der Waals surface area contributed by atoms with Crippen LogP contribution in [0.2, 0.25) is 0 Å². The van der Waals surface area contributed by atoms with Gasteiger partial charge in [-0.1, -0.05) is 42.5 Å². The van der Waals surface area contributed by atoms with E-state index in [9.17, 15) is 0 Å². The third kappa shape index (κ3) is 2.49. The number of hydrogen-bond donors (Lipinski definition) is 1. The fraction of sp³-hybridized carbons (Fsp3) is 0.250. The summed E-state index contributed by atoms with van der Waals surface area (Å²) >= 11 is 0. The van der Waals surface area contributed by atoms with E-state index in [0.29, 0.717) is 11.8 Å². The van der Waals surface area contributed by atoms with Crippen molar-refractivity contribution in [2.75, 3.05) is 19.5 Å². The smallest absolute Gasteiger partial charge is 0.124 e. The molecule has 3 heteroatoms. The van der Waals surface area contributed by atoms with Crippen molar-refractivity contribution < 1.29 is 9.47 Å². The van der Waals surface area contributed by atoms with E-state index >= 15 is 0 Å². The molecular weight excluding hydrogens is 334 g/mol. The number of ether oxygens (including phenoxy) is 2. The molecule has 1 heterocycles. The Balaban J connectivity index is 1.69. The highest BCUT2D eigenvalue weighted by molar-refractivity contribution is 5.89. The van der Waals surface area contributed by atoms with E-state index in [4.69, 9.17) is 9.47 Å². The lowest BCUT2D eigenvalue weighted by Crippen LogP contribution is -2.29. The number of hydrogen-bond acceptors (Lipinski definition) is 3. The molecule has 0 bridgehead atoms. The molecule has 136 valence electrons. The molecule has 3 aromatic rings. The molecule has 27 heavy (non-hydrogen) atoms. The number of allylic oxidation sites excluding steroid dienone is 2. The van der Waals surface area contributed by atoms with Gasteiger partial charge in [-0.2, -0.15) is 0 Å². The molecule has 1 aliphatic carbocycles. The maximum absolute atomic E-state index is 5.80. The average Bonchev–Trinajstić information content (AvgIpc) is 3.22. The monoisotopic (exact) mass is 357 g/mol. The van der Waals surface area contributed by atoms with Crippen molar-refractivity contribution in [2.24, 2.45) is 5.92 Å². The average molecular weight is 357 g/mol. The van der Waals surface area contributed by atoms with E-state index in [-0.39, 0.29) is 6.04 Å². The van der Waals surface area contributed by atoms with Gasteiger partial charge in [-0.3, -0.25) is 0 Å². The van der Waals surface area contributed by atoms with E-state index in [1.54, 1.807) is 14.2 Å². The fourth-order valence-corrected chi connectivity index (χ4v) is 4.76. The first kappa shape index (κ1) is 16.2. The number of nitrogens with one attached hydrogen (secondary N) is 1. The van der Waals surface area contributed by atoms with Gasteiger partial charge < -0.3 is 14.8 Å². The SMILES string of the molecule is COc1ccc2c(c1)C1C=CCC1C(c1c(OC)ccc3ccccc13)N2. The lowest BCUT2D eigenvalue weighted by molar-refractivity contribution is 0.381. The van der Waals surface area contributed by atoms with Gasteiger partial charge in [-0.25, -0.2) is 0 Å². The lowest BCUT2D eigenvalue weighted by Gasteiger charge is -2.38. The summed E-state index contributed by atoms with van der Waals surface area (Å²) in [5.74, 6) is 2.72. The van der Waals surface area contributed by atoms with Gasteiger partial charge in [-0.15, -0.1) is 0 Å². The Bertz CT molecular complexity index is 1040. The predicted molar refractivity (Wildman–Crippen MR) is 110 cm³/mol. The van der Waals surface area contributed by atoms with Gasteiger partial charge >= 0.3 is 0 Å². The first-order valence-electron chi connectivity index (χ1n) is 9.47. The van der Waals surface area contributed by atoms with Crippen molar-refractivity contribution >= 4 is 16.5 Å². The molecule has 0 fully saturated rings. The van der Waals surface area contributed by atoms with Gasteiger partial charge in [0.05, 0.1) is 20.3 Å². The minimum atomic E-state index is 0.201. The van der Waals surface area contributed by atoms with Crippen LogP contribution < -0.4 is 14.8 Å². The Kier molecular flexibility index (Phi) is 3.82. The lowest BCUT2D eigenvalue weighted by atomic mass is 9.76. The first-order valence-corrected chi connectivity index (χ1v) is 9.47. The highest BCUT2D eigenvalue weighted by atomic mass is 16.5. The molecule has 0 saturated heterocycles. The van der Waals surface area contributed by atoms with Crippen LogP contribution in [0.3, 0.4) is 0 Å². The largest absolute Gasteiger partial charge is 0.497 e. The number of fused-ring (bicyclic) bond motifs is 4. The fourth-order valence-electron chi connectivity index (χ4n) is 4.76. The highest BCUT2D eigenvalue weighted by Crippen LogP contribution is 2.52. The molecule has 3 atom stereocenters. The van der Waals surface area contributed by atoms with E-state index in [0.717, 1.165) is 17.9 Å². The summed E-state index contributed by atoms with van der Waals surface area (Å²) in [5.41, 5.74) is 3.77. The summed E-state index contributed by atoms with van der Waals surface area (Å²) in [6.45, 7) is 0. The van der Waals surface area contributed by atoms with Crippen LogP contribution in [0.15, 0.2) is 66.7 Å². The third-order valence-electron chi connectivity index (χ3n) is 6.03. The van der Waals surface area contributed by atoms with Crippen LogP contribution in [0.1, 0.15) is 29.5 Å². The molecular formula is C24H23NO2. The zero-order valence-corrected chi connectivity index (χ0v) is 15.6. The van der Waals surface area contributed by atoms with Crippen molar-refractivity contribution in [1.29, 1.82) is 0 Å². The molecule has 1 N–H and O–H groups in total. The van der Waals surface area contributed by atoms with E-state index in [1.165, 1.54) is 27.6 Å². The van der Waals surface area contributed by atoms with Gasteiger partial charge in [0.25, 0.3) is 0 Å². The van der Waals surface area contributed by atoms with Crippen LogP contribution in [0.4, 0.5) is 5.69 Å². The topological polar surface area (TPSA) is 30.5 Å². The van der Waals surface area contributed by atoms with Crippen molar-refractivity contribution in [3.63, 3.8) is 0 Å². The number of methoxy groups -OCH3 is 2. The van der Waals surface area contributed by atoms with E-state index < -0.39 is 0 Å². The van der Waals surface area contributed by atoms with Gasteiger partial charge in [0.2, 0.25) is 0 Å². The normalized spacial score (nSPS) is 22.8. The molecule has 0 amide bonds. The molecule has 0 aromatic heterocycles. The molecule has 3 unspecified atom stereocenters. The zero-order chi connectivity index (χ0) is 18.4. The van der Waals surface area contributed by atoms with Gasteiger partial charge in [0.1, 0.15) is 11.5 Å². The standard InChI is InChI=1S/C24H23NO2/c1-26-16-11-12-21-20(14-16)18-8-5-9-19(18)24(25-21)23-17-7-4-3-6-15(17)10-13-22(23)27-2/h3-8,10-14,18-19,24-25H,9H2,1-2H3. The molecule has 0 radical (unpaired) electrons. The molecule has 2 aliphatic rings. The maximum Gasteiger partial charge on any atom is 0.124 e. The van der Waals surface area contributed by atoms with Crippen LogP contribution in [0.25, 0.3) is 10.8 Å². The summed E-state index contributed by atoms with van der Waals surface area (Å²) in [7, 11) is 3.49. The van der Waals surface area contributed by atoms with E-state index in [2.05, 4.69) is 66.0 Å². The van der Waals surface area contributed by atoms with E-state index in [1.807, 2.05) is 6.07 Å². The zero-order valence-electron chi connectivity index (χ0n) is 15.6. The molecule has 3 nitrogen and oxygen atoms in total. The van der Waals surface area contributed by atoms with Crippen LogP contribution in [0, 0.1) is 5.92 Å². The summed E-state index contributed by atoms with van der Waals surface area (Å²) in [5, 5.41) is 6.34. The Morgan fingerprint density at radius 2 is 1.85 bits per heavy atom. The number of rotatable bonds is 3. The Hall–Kier alpha value is -2.94. The molecule has 0 spiro atoms. The molecule has 1 aliphatic heterocycles. The first-order chi connectivity index (χ1) is 13.3. The second-order valence-corrected chi connectivity index (χ2v) is 7.33. The van der Waals surface area contributed by atoms with Crippen LogP contribution in [0.5, 0.6) is 11.5 Å². The minimum absolute atomic E-state index is 0.201. The number of anilines is 1. The Morgan fingerprint density at radius 1 is 0.963 bits per heavy atom. The Labute approximate surface area is 159 Å². The van der Waals surface area contributed by atoms with Crippen molar-refractivity contribution in [1.82, 2.24) is 0 Å². The molecule has 5 rings (SSSR count).